The summed E-state index contributed by atoms with van der Waals surface area (Å²) in [6.07, 6.45) is 1.45. The zero-order valence-corrected chi connectivity index (χ0v) is 13.9. The fraction of sp³-hybridized carbons (Fsp3) is 0.235. The summed E-state index contributed by atoms with van der Waals surface area (Å²) in [5, 5.41) is 3.56. The fourth-order valence-corrected chi connectivity index (χ4v) is 2.87. The van der Waals surface area contributed by atoms with Crippen LogP contribution in [0.5, 0.6) is 0 Å². The molecule has 0 bridgehead atoms. The number of carbonyl (C=O) groups excluding carboxylic acids is 1. The predicted molar refractivity (Wildman–Crippen MR) is 89.6 cm³/mol. The van der Waals surface area contributed by atoms with Crippen molar-refractivity contribution >= 4 is 34.8 Å². The number of amides is 1. The zero-order chi connectivity index (χ0) is 16.3. The van der Waals surface area contributed by atoms with Gasteiger partial charge in [0.05, 0.1) is 10.6 Å². The summed E-state index contributed by atoms with van der Waals surface area (Å²) in [6, 6.07) is 7.42. The van der Waals surface area contributed by atoms with E-state index in [0.717, 1.165) is 23.6 Å². The highest BCUT2D eigenvalue weighted by molar-refractivity contribution is 6.34. The van der Waals surface area contributed by atoms with Crippen LogP contribution in [0.2, 0.25) is 10.0 Å². The van der Waals surface area contributed by atoms with E-state index >= 15 is 0 Å². The normalized spacial score (nSPS) is 10.6. The average molecular weight is 340 g/mol. The van der Waals surface area contributed by atoms with E-state index < -0.39 is 5.82 Å². The molecule has 5 heteroatoms. The van der Waals surface area contributed by atoms with Crippen LogP contribution in [0.1, 0.15) is 35.3 Å². The first kappa shape index (κ1) is 16.8. The molecule has 2 rings (SSSR count). The number of anilines is 1. The molecule has 2 aromatic rings. The van der Waals surface area contributed by atoms with E-state index in [1.807, 2.05) is 26.0 Å². The molecule has 1 N–H and O–H groups in total. The highest BCUT2D eigenvalue weighted by atomic mass is 35.5. The number of carbonyl (C=O) groups is 1. The van der Waals surface area contributed by atoms with Gasteiger partial charge in [-0.1, -0.05) is 43.1 Å². The second kappa shape index (κ2) is 7.12. The Morgan fingerprint density at radius 3 is 2.41 bits per heavy atom. The highest BCUT2D eigenvalue weighted by Crippen LogP contribution is 2.30. The maximum atomic E-state index is 13.1. The largest absolute Gasteiger partial charge is 0.321 e. The smallest absolute Gasteiger partial charge is 0.257 e. The highest BCUT2D eigenvalue weighted by Gasteiger charge is 2.16. The molecule has 0 fully saturated rings. The molecular weight excluding hydrogens is 324 g/mol. The molecule has 2 nitrogen and oxygen atoms in total. The molecule has 0 atom stereocenters. The zero-order valence-electron chi connectivity index (χ0n) is 12.3. The number of nitrogens with one attached hydrogen (secondary N) is 1. The van der Waals surface area contributed by atoms with Gasteiger partial charge < -0.3 is 5.32 Å². The molecule has 22 heavy (non-hydrogen) atoms. The van der Waals surface area contributed by atoms with Crippen LogP contribution >= 0.6 is 23.2 Å². The Morgan fingerprint density at radius 1 is 1.09 bits per heavy atom. The Hall–Kier alpha value is -1.58. The lowest BCUT2D eigenvalue weighted by atomic mass is 10.0. The number of hydrogen-bond acceptors (Lipinski definition) is 1. The summed E-state index contributed by atoms with van der Waals surface area (Å²) >= 11 is 12.2. The quantitative estimate of drug-likeness (QED) is 0.781. The minimum atomic E-state index is -0.479. The molecule has 1 amide bonds. The summed E-state index contributed by atoms with van der Waals surface area (Å²) in [6.45, 7) is 3.98. The summed E-state index contributed by atoms with van der Waals surface area (Å²) in [4.78, 5) is 12.4. The number of aryl methyl sites for hydroxylation is 1. The van der Waals surface area contributed by atoms with Crippen molar-refractivity contribution in [3.05, 3.63) is 62.9 Å². The molecule has 0 aliphatic heterocycles. The summed E-state index contributed by atoms with van der Waals surface area (Å²) in [7, 11) is 0. The van der Waals surface area contributed by atoms with Gasteiger partial charge in [0.1, 0.15) is 5.82 Å². The van der Waals surface area contributed by atoms with Gasteiger partial charge in [0.15, 0.2) is 0 Å². The SMILES string of the molecule is CCc1ccc(Cl)c(CC)c1NC(=O)c1ccc(F)cc1Cl. The third-order valence-electron chi connectivity index (χ3n) is 3.49. The van der Waals surface area contributed by atoms with Crippen molar-refractivity contribution in [3.8, 4) is 0 Å². The van der Waals surface area contributed by atoms with Crippen molar-refractivity contribution in [1.29, 1.82) is 0 Å². The molecule has 0 aromatic heterocycles. The fourth-order valence-electron chi connectivity index (χ4n) is 2.32. The number of rotatable bonds is 4. The van der Waals surface area contributed by atoms with Crippen LogP contribution in [0.25, 0.3) is 0 Å². The minimum absolute atomic E-state index is 0.0793. The summed E-state index contributed by atoms with van der Waals surface area (Å²) in [5.74, 6) is -0.857. The van der Waals surface area contributed by atoms with Crippen LogP contribution in [0.3, 0.4) is 0 Å². The van der Waals surface area contributed by atoms with Gasteiger partial charge in [0.25, 0.3) is 5.91 Å². The first-order valence-electron chi connectivity index (χ1n) is 7.04. The van der Waals surface area contributed by atoms with Crippen LogP contribution < -0.4 is 5.32 Å². The summed E-state index contributed by atoms with van der Waals surface area (Å²) in [5.41, 5.74) is 2.82. The van der Waals surface area contributed by atoms with Crippen LogP contribution in [-0.4, -0.2) is 5.91 Å². The first-order valence-corrected chi connectivity index (χ1v) is 7.80. The number of hydrogen-bond donors (Lipinski definition) is 1. The molecule has 0 heterocycles. The molecule has 0 saturated heterocycles. The monoisotopic (exact) mass is 339 g/mol. The van der Waals surface area contributed by atoms with E-state index in [1.54, 1.807) is 0 Å². The summed E-state index contributed by atoms with van der Waals surface area (Å²) < 4.78 is 13.1. The Labute approximate surface area is 139 Å². The lowest BCUT2D eigenvalue weighted by Crippen LogP contribution is -2.15. The van der Waals surface area contributed by atoms with Gasteiger partial charge in [-0.15, -0.1) is 0 Å². The minimum Gasteiger partial charge on any atom is -0.321 e. The number of benzene rings is 2. The molecule has 0 unspecified atom stereocenters. The lowest BCUT2D eigenvalue weighted by molar-refractivity contribution is 0.102. The van der Waals surface area contributed by atoms with Crippen molar-refractivity contribution in [1.82, 2.24) is 0 Å². The van der Waals surface area contributed by atoms with Crippen molar-refractivity contribution in [2.45, 2.75) is 26.7 Å². The second-order valence-electron chi connectivity index (χ2n) is 4.85. The van der Waals surface area contributed by atoms with E-state index in [2.05, 4.69) is 5.32 Å². The maximum Gasteiger partial charge on any atom is 0.257 e. The van der Waals surface area contributed by atoms with Gasteiger partial charge in [0.2, 0.25) is 0 Å². The third-order valence-corrected chi connectivity index (χ3v) is 4.16. The Bertz CT molecular complexity index is 716. The van der Waals surface area contributed by atoms with Gasteiger partial charge >= 0.3 is 0 Å². The Morgan fingerprint density at radius 2 is 1.82 bits per heavy atom. The second-order valence-corrected chi connectivity index (χ2v) is 5.66. The topological polar surface area (TPSA) is 29.1 Å². The van der Waals surface area contributed by atoms with Crippen LogP contribution in [0.15, 0.2) is 30.3 Å². The third kappa shape index (κ3) is 3.42. The van der Waals surface area contributed by atoms with Crippen molar-refractivity contribution in [3.63, 3.8) is 0 Å². The molecular formula is C17H16Cl2FNO. The predicted octanol–water partition coefficient (Wildman–Crippen LogP) is 5.51. The van der Waals surface area contributed by atoms with Gasteiger partial charge in [-0.05, 0) is 48.2 Å². The molecule has 0 aliphatic carbocycles. The van der Waals surface area contributed by atoms with Gasteiger partial charge in [-0.2, -0.15) is 0 Å². The van der Waals surface area contributed by atoms with Crippen LogP contribution in [0, 0.1) is 5.82 Å². The van der Waals surface area contributed by atoms with Crippen molar-refractivity contribution in [2.24, 2.45) is 0 Å². The van der Waals surface area contributed by atoms with Crippen LogP contribution in [0.4, 0.5) is 10.1 Å². The van der Waals surface area contributed by atoms with Crippen LogP contribution in [-0.2, 0) is 12.8 Å². The van der Waals surface area contributed by atoms with Gasteiger partial charge in [-0.25, -0.2) is 4.39 Å². The van der Waals surface area contributed by atoms with E-state index in [-0.39, 0.29) is 16.5 Å². The van der Waals surface area contributed by atoms with Gasteiger partial charge in [-0.3, -0.25) is 4.79 Å². The maximum absolute atomic E-state index is 13.1. The molecule has 2 aromatic carbocycles. The van der Waals surface area contributed by atoms with Crippen molar-refractivity contribution < 1.29 is 9.18 Å². The molecule has 116 valence electrons. The first-order chi connectivity index (χ1) is 10.5. The molecule has 0 saturated carbocycles. The van der Waals surface area contributed by atoms with Gasteiger partial charge in [0, 0.05) is 10.7 Å². The van der Waals surface area contributed by atoms with Crippen molar-refractivity contribution in [2.75, 3.05) is 5.32 Å². The van der Waals surface area contributed by atoms with E-state index in [4.69, 9.17) is 23.2 Å². The molecule has 0 aliphatic rings. The molecule has 0 radical (unpaired) electrons. The van der Waals surface area contributed by atoms with E-state index in [0.29, 0.717) is 17.1 Å². The molecule has 0 spiro atoms. The lowest BCUT2D eigenvalue weighted by Gasteiger charge is -2.16. The number of halogens is 3. The van der Waals surface area contributed by atoms with E-state index in [1.165, 1.54) is 12.1 Å². The average Bonchev–Trinajstić information content (AvgIpc) is 2.47. The Kier molecular flexibility index (Phi) is 5.43. The Balaban J connectivity index is 2.41. The standard InChI is InChI=1S/C17H16Cl2FNO/c1-3-10-5-8-14(18)12(4-2)16(10)21-17(22)13-7-6-11(20)9-15(13)19/h5-9H,3-4H2,1-2H3,(H,21,22). The van der Waals surface area contributed by atoms with E-state index in [9.17, 15) is 9.18 Å².